The summed E-state index contributed by atoms with van der Waals surface area (Å²) in [6.07, 6.45) is 0.809. The van der Waals surface area contributed by atoms with Gasteiger partial charge in [0.1, 0.15) is 12.1 Å². The molecule has 3 aliphatic rings. The Balaban J connectivity index is 0.925. The minimum Gasteiger partial charge on any atom is -0.391 e. The maximum Gasteiger partial charge on any atom is 0.246 e. The maximum absolute atomic E-state index is 14.2. The van der Waals surface area contributed by atoms with E-state index in [1.807, 2.05) is 107 Å². The molecule has 67 heavy (non-hydrogen) atoms. The van der Waals surface area contributed by atoms with Gasteiger partial charge in [0.05, 0.1) is 59.1 Å². The molecular weight excluding hydrogens is 871 g/mol. The molecule has 16 heteroatoms. The number of hydrogen-bond acceptors (Lipinski definition) is 11. The van der Waals surface area contributed by atoms with Crippen LogP contribution in [0.2, 0.25) is 0 Å². The third kappa shape index (κ3) is 11.7. The lowest BCUT2D eigenvalue weighted by molar-refractivity contribution is -0.144. The normalized spacial score (nSPS) is 20.4. The van der Waals surface area contributed by atoms with Gasteiger partial charge >= 0.3 is 0 Å². The highest BCUT2D eigenvalue weighted by molar-refractivity contribution is 7.13. The quantitative estimate of drug-likeness (QED) is 0.0943. The van der Waals surface area contributed by atoms with Gasteiger partial charge in [-0.15, -0.1) is 11.3 Å². The predicted molar refractivity (Wildman–Crippen MR) is 255 cm³/mol. The number of aromatic nitrogens is 1. The van der Waals surface area contributed by atoms with E-state index in [0.717, 1.165) is 44.1 Å². The first kappa shape index (κ1) is 49.1. The minimum atomic E-state index is -0.976. The van der Waals surface area contributed by atoms with E-state index < -0.39 is 53.6 Å². The van der Waals surface area contributed by atoms with Crippen molar-refractivity contribution in [2.75, 3.05) is 11.4 Å². The number of carbonyl (C=O) groups excluding carboxylic acids is 6. The number of ether oxygens (including phenoxy) is 1. The number of aliphatic hydroxyl groups excluding tert-OH is 1. The molecular formula is C51H63N7O8S. The van der Waals surface area contributed by atoms with Crippen LogP contribution in [0.3, 0.4) is 0 Å². The lowest BCUT2D eigenvalue weighted by Gasteiger charge is -2.35. The standard InChI is InChI=1S/C51H63N7O8S/c1-29-46(67-28-55-29)35-15-13-32(14-16-35)25-54-48(63)41-24-38(59)26-57(41)50(65)47(51(3,4)5)56-44(62)21-31-9-11-33(12-10-31)27-66-30(2)36(18-20-43(53)61)23-42(60)40-22-37-8-6-7-34-17-19-39(52)49(64)58(40)45(34)37/h6-16,28,30,36,38-41,47,59H,17-27,52H2,1-5H3,(H2,53,61)(H,54,63)(H,56,62)/t30-,36-,38-,39+,40+,41?,47-/m1/s1. The van der Waals surface area contributed by atoms with Crippen LogP contribution in [0, 0.1) is 18.3 Å². The van der Waals surface area contributed by atoms with E-state index >= 15 is 0 Å². The zero-order chi connectivity index (χ0) is 48.2. The Labute approximate surface area is 396 Å². The fraction of sp³-hybridized carbons (Fsp3) is 0.471. The molecule has 0 bridgehead atoms. The SMILES string of the molecule is Cc1ncsc1-c1ccc(CNC(=O)C2C[C@@H](O)CN2C(=O)[C@@H](NC(=O)Cc2ccc(CO[C@H](C)[C@H](CCC(N)=O)CC(=O)[C@@H]3Cc4cccc5c4N3C(=O)[C@@H](N)CC5)cc2)C(C)(C)C)cc1. The van der Waals surface area contributed by atoms with Gasteiger partial charge in [-0.2, -0.15) is 0 Å². The van der Waals surface area contributed by atoms with Crippen LogP contribution in [0.25, 0.3) is 10.4 Å². The van der Waals surface area contributed by atoms with Crippen LogP contribution in [-0.4, -0.2) is 93.2 Å². The molecule has 1 aromatic heterocycles. The predicted octanol–water partition coefficient (Wildman–Crippen LogP) is 4.45. The van der Waals surface area contributed by atoms with Crippen molar-refractivity contribution in [2.45, 2.75) is 136 Å². The van der Waals surface area contributed by atoms with Crippen LogP contribution >= 0.6 is 11.3 Å². The molecule has 1 fully saturated rings. The third-order valence-electron chi connectivity index (χ3n) is 13.3. The molecule has 1 unspecified atom stereocenters. The van der Waals surface area contributed by atoms with E-state index in [1.165, 1.54) is 4.90 Å². The highest BCUT2D eigenvalue weighted by Gasteiger charge is 2.45. The highest BCUT2D eigenvalue weighted by atomic mass is 32.1. The fourth-order valence-corrected chi connectivity index (χ4v) is 10.2. The van der Waals surface area contributed by atoms with Crippen molar-refractivity contribution in [1.82, 2.24) is 20.5 Å². The number of benzene rings is 3. The number of aliphatic hydroxyl groups is 1. The van der Waals surface area contributed by atoms with Gasteiger partial charge in [0.2, 0.25) is 29.5 Å². The Hall–Kier alpha value is -5.81. The van der Waals surface area contributed by atoms with Crippen LogP contribution in [0.15, 0.2) is 72.2 Å². The van der Waals surface area contributed by atoms with Gasteiger partial charge in [0.15, 0.2) is 5.78 Å². The maximum atomic E-state index is 14.2. The number of Topliss-reactive ketones (excluding diaryl/α,β-unsaturated/α-hetero) is 1. The van der Waals surface area contributed by atoms with Crippen molar-refractivity contribution in [1.29, 1.82) is 0 Å². The van der Waals surface area contributed by atoms with E-state index in [2.05, 4.69) is 15.6 Å². The molecule has 4 aromatic rings. The molecule has 0 saturated carbocycles. The number of amides is 5. The second-order valence-corrected chi connectivity index (χ2v) is 20.2. The van der Waals surface area contributed by atoms with Crippen LogP contribution in [0.5, 0.6) is 0 Å². The number of nitrogens with one attached hydrogen (secondary N) is 2. The molecule has 3 aliphatic heterocycles. The fourth-order valence-electron chi connectivity index (χ4n) is 9.43. The van der Waals surface area contributed by atoms with Gasteiger partial charge in [-0.3, -0.25) is 33.7 Å². The average molecular weight is 934 g/mol. The van der Waals surface area contributed by atoms with Gasteiger partial charge < -0.3 is 36.8 Å². The van der Waals surface area contributed by atoms with Gasteiger partial charge in [-0.25, -0.2) is 4.98 Å². The topological polar surface area (TPSA) is 227 Å². The van der Waals surface area contributed by atoms with Crippen LogP contribution < -0.4 is 27.0 Å². The molecule has 0 radical (unpaired) electrons. The first-order chi connectivity index (χ1) is 31.9. The number of anilines is 1. The van der Waals surface area contributed by atoms with E-state index in [9.17, 15) is 33.9 Å². The third-order valence-corrected chi connectivity index (χ3v) is 14.3. The Kier molecular flexibility index (Phi) is 15.4. The number of thiazole rings is 1. The smallest absolute Gasteiger partial charge is 0.246 e. The lowest BCUT2D eigenvalue weighted by Crippen LogP contribution is -2.58. The number of aryl methyl sites for hydroxylation is 2. The van der Waals surface area contributed by atoms with E-state index in [-0.39, 0.29) is 74.8 Å². The number of nitrogens with zero attached hydrogens (tertiary/aromatic N) is 3. The van der Waals surface area contributed by atoms with E-state index in [0.29, 0.717) is 31.2 Å². The number of primary amides is 1. The van der Waals surface area contributed by atoms with Crippen LogP contribution in [-0.2, 0) is 65.9 Å². The summed E-state index contributed by atoms with van der Waals surface area (Å²) in [7, 11) is 0. The van der Waals surface area contributed by atoms with Crippen molar-refractivity contribution < 1.29 is 38.6 Å². The Morgan fingerprint density at radius 2 is 1.66 bits per heavy atom. The monoisotopic (exact) mass is 933 g/mol. The molecule has 3 aromatic carbocycles. The molecule has 4 heterocycles. The van der Waals surface area contributed by atoms with E-state index in [4.69, 9.17) is 16.2 Å². The number of carbonyl (C=O) groups is 6. The average Bonchev–Trinajstić information content (AvgIpc) is 4.01. The van der Waals surface area contributed by atoms with E-state index in [1.54, 1.807) is 16.2 Å². The summed E-state index contributed by atoms with van der Waals surface area (Å²) < 4.78 is 6.29. The number of likely N-dealkylation sites (tertiary alicyclic amines) is 1. The van der Waals surface area contributed by atoms with Crippen LogP contribution in [0.4, 0.5) is 5.69 Å². The summed E-state index contributed by atoms with van der Waals surface area (Å²) in [6, 6.07) is 17.8. The highest BCUT2D eigenvalue weighted by Crippen LogP contribution is 2.40. The molecule has 7 N–H and O–H groups in total. The summed E-state index contributed by atoms with van der Waals surface area (Å²) in [5.74, 6) is -2.40. The number of β-amino-alcohol motifs (C(OH)–C–C–N with tert-alkyl or cyclic N) is 1. The lowest BCUT2D eigenvalue weighted by atomic mass is 9.85. The summed E-state index contributed by atoms with van der Waals surface area (Å²) in [4.78, 5) is 89.0. The molecule has 0 spiro atoms. The van der Waals surface area contributed by atoms with Gasteiger partial charge in [-0.1, -0.05) is 87.5 Å². The van der Waals surface area contributed by atoms with Gasteiger partial charge in [0.25, 0.3) is 0 Å². The zero-order valence-electron chi connectivity index (χ0n) is 39.0. The van der Waals surface area contributed by atoms with Gasteiger partial charge in [0, 0.05) is 38.8 Å². The van der Waals surface area contributed by atoms with Crippen molar-refractivity contribution in [3.8, 4) is 10.4 Å². The first-order valence-corrected chi connectivity index (χ1v) is 24.0. The van der Waals surface area contributed by atoms with Crippen molar-refractivity contribution in [2.24, 2.45) is 22.8 Å². The van der Waals surface area contributed by atoms with Crippen molar-refractivity contribution >= 4 is 52.3 Å². The molecule has 0 aliphatic carbocycles. The molecule has 356 valence electrons. The molecule has 15 nitrogen and oxygen atoms in total. The number of ketones is 1. The summed E-state index contributed by atoms with van der Waals surface area (Å²) in [5.41, 5.74) is 20.0. The first-order valence-electron chi connectivity index (χ1n) is 23.1. The number of nitrogens with two attached hydrogens (primary N) is 2. The largest absolute Gasteiger partial charge is 0.391 e. The Morgan fingerprint density at radius 1 is 0.970 bits per heavy atom. The summed E-state index contributed by atoms with van der Waals surface area (Å²) >= 11 is 1.57. The van der Waals surface area contributed by atoms with Gasteiger partial charge in [-0.05, 0) is 77.8 Å². The number of rotatable bonds is 18. The summed E-state index contributed by atoms with van der Waals surface area (Å²) in [5, 5.41) is 16.5. The number of hydrogen-bond donors (Lipinski definition) is 5. The van der Waals surface area contributed by atoms with Crippen molar-refractivity contribution in [3.63, 3.8) is 0 Å². The summed E-state index contributed by atoms with van der Waals surface area (Å²) in [6.45, 7) is 9.76. The van der Waals surface area contributed by atoms with Crippen molar-refractivity contribution in [3.05, 3.63) is 106 Å². The van der Waals surface area contributed by atoms with Crippen LogP contribution in [0.1, 0.15) is 93.3 Å². The molecule has 7 atom stereocenters. The second kappa shape index (κ2) is 21.0. The molecule has 7 rings (SSSR count). The Morgan fingerprint density at radius 3 is 2.33 bits per heavy atom. The molecule has 5 amide bonds. The number of para-hydroxylation sites is 1. The zero-order valence-corrected chi connectivity index (χ0v) is 39.8. The minimum absolute atomic E-state index is 0.0143. The Bertz CT molecular complexity index is 2470. The second-order valence-electron chi connectivity index (χ2n) is 19.4. The molecule has 1 saturated heterocycles.